The van der Waals surface area contributed by atoms with E-state index in [4.69, 9.17) is 0 Å². The zero-order valence-corrected chi connectivity index (χ0v) is 5.51. The standard InChI is InChI=1S/C4H5BrN2/c1-3-6-2-4(5)7-3/h2,4H,1H3/t4-/m0/s1. The number of halogens is 1. The van der Waals surface area contributed by atoms with Crippen molar-refractivity contribution in [1.82, 2.24) is 0 Å². The minimum absolute atomic E-state index is 0.132. The lowest BCUT2D eigenvalue weighted by atomic mass is 10.7. The predicted molar refractivity (Wildman–Crippen MR) is 34.3 cm³/mol. The molecule has 0 aromatic rings. The molecule has 38 valence electrons. The van der Waals surface area contributed by atoms with Crippen molar-refractivity contribution in [3.8, 4) is 0 Å². The van der Waals surface area contributed by atoms with Crippen LogP contribution in [0.25, 0.3) is 0 Å². The molecule has 1 atom stereocenters. The monoisotopic (exact) mass is 160 g/mol. The van der Waals surface area contributed by atoms with Crippen molar-refractivity contribution in [2.24, 2.45) is 9.98 Å². The fraction of sp³-hybridized carbons (Fsp3) is 0.500. The van der Waals surface area contributed by atoms with Crippen molar-refractivity contribution < 1.29 is 0 Å². The van der Waals surface area contributed by atoms with Gasteiger partial charge in [-0.05, 0) is 6.92 Å². The van der Waals surface area contributed by atoms with Crippen LogP contribution in [0.3, 0.4) is 0 Å². The Bertz CT molecular complexity index is 128. The quantitative estimate of drug-likeness (QED) is 0.376. The molecule has 1 rings (SSSR count). The van der Waals surface area contributed by atoms with Crippen LogP contribution in [0.2, 0.25) is 0 Å². The Morgan fingerprint density at radius 1 is 1.86 bits per heavy atom. The molecule has 2 nitrogen and oxygen atoms in total. The lowest BCUT2D eigenvalue weighted by Crippen LogP contribution is -1.85. The van der Waals surface area contributed by atoms with Gasteiger partial charge in [-0.15, -0.1) is 0 Å². The number of rotatable bonds is 0. The first-order valence-electron chi connectivity index (χ1n) is 2.02. The van der Waals surface area contributed by atoms with Crippen LogP contribution in [0.1, 0.15) is 6.92 Å². The second-order valence-electron chi connectivity index (χ2n) is 1.33. The zero-order valence-electron chi connectivity index (χ0n) is 3.93. The highest BCUT2D eigenvalue weighted by molar-refractivity contribution is 9.09. The molecule has 1 aliphatic heterocycles. The number of amidine groups is 1. The van der Waals surface area contributed by atoms with Gasteiger partial charge in [-0.2, -0.15) is 0 Å². The lowest BCUT2D eigenvalue weighted by Gasteiger charge is -1.81. The Labute approximate surface area is 50.5 Å². The molecule has 0 aliphatic carbocycles. The van der Waals surface area contributed by atoms with Crippen LogP contribution >= 0.6 is 15.9 Å². The van der Waals surface area contributed by atoms with Gasteiger partial charge in [-0.3, -0.25) is 4.99 Å². The van der Waals surface area contributed by atoms with Crippen LogP contribution in [-0.2, 0) is 0 Å². The van der Waals surface area contributed by atoms with Gasteiger partial charge >= 0.3 is 0 Å². The molecule has 3 heteroatoms. The second-order valence-corrected chi connectivity index (χ2v) is 2.27. The van der Waals surface area contributed by atoms with Crippen LogP contribution in [-0.4, -0.2) is 17.0 Å². The maximum atomic E-state index is 4.00. The van der Waals surface area contributed by atoms with Gasteiger partial charge < -0.3 is 0 Å². The maximum absolute atomic E-state index is 4.00. The van der Waals surface area contributed by atoms with Gasteiger partial charge in [-0.1, -0.05) is 15.9 Å². The molecule has 0 spiro atoms. The highest BCUT2D eigenvalue weighted by atomic mass is 79.9. The van der Waals surface area contributed by atoms with Crippen LogP contribution in [0.4, 0.5) is 0 Å². The fourth-order valence-corrected chi connectivity index (χ4v) is 0.829. The first-order chi connectivity index (χ1) is 3.29. The number of aliphatic imine (C=N–C) groups is 2. The van der Waals surface area contributed by atoms with Crippen LogP contribution in [0, 0.1) is 0 Å². The minimum Gasteiger partial charge on any atom is -0.250 e. The molecule has 0 amide bonds. The van der Waals surface area contributed by atoms with Gasteiger partial charge in [-0.25, -0.2) is 4.99 Å². The molecular formula is C4H5BrN2. The second kappa shape index (κ2) is 1.74. The summed E-state index contributed by atoms with van der Waals surface area (Å²) in [7, 11) is 0. The minimum atomic E-state index is 0.132. The molecule has 0 unspecified atom stereocenters. The maximum Gasteiger partial charge on any atom is 0.142 e. The number of hydrogen-bond donors (Lipinski definition) is 0. The van der Waals surface area contributed by atoms with E-state index in [1.165, 1.54) is 0 Å². The third-order valence-corrected chi connectivity index (χ3v) is 1.14. The average molecular weight is 161 g/mol. The highest BCUT2D eigenvalue weighted by Crippen LogP contribution is 2.04. The highest BCUT2D eigenvalue weighted by Gasteiger charge is 2.01. The fourth-order valence-electron chi connectivity index (χ4n) is 0.415. The first kappa shape index (κ1) is 4.97. The van der Waals surface area contributed by atoms with Crippen LogP contribution < -0.4 is 0 Å². The summed E-state index contributed by atoms with van der Waals surface area (Å²) in [4.78, 5) is 8.03. The third-order valence-electron chi connectivity index (χ3n) is 0.695. The molecule has 0 saturated carbocycles. The van der Waals surface area contributed by atoms with Crippen LogP contribution in [0.15, 0.2) is 9.98 Å². The largest absolute Gasteiger partial charge is 0.250 e. The van der Waals surface area contributed by atoms with E-state index >= 15 is 0 Å². The number of nitrogens with zero attached hydrogens (tertiary/aromatic N) is 2. The summed E-state index contributed by atoms with van der Waals surface area (Å²) in [5.41, 5.74) is 0. The van der Waals surface area contributed by atoms with Gasteiger partial charge in [0.25, 0.3) is 0 Å². The molecule has 0 N–H and O–H groups in total. The summed E-state index contributed by atoms with van der Waals surface area (Å²) < 4.78 is 0. The predicted octanol–water partition coefficient (Wildman–Crippen LogP) is 1.21. The van der Waals surface area contributed by atoms with Gasteiger partial charge in [0.2, 0.25) is 0 Å². The Morgan fingerprint density at radius 2 is 2.57 bits per heavy atom. The van der Waals surface area contributed by atoms with Crippen molar-refractivity contribution in [1.29, 1.82) is 0 Å². The first-order valence-corrected chi connectivity index (χ1v) is 2.93. The Hall–Kier alpha value is -0.180. The zero-order chi connectivity index (χ0) is 5.28. The molecule has 0 saturated heterocycles. The van der Waals surface area contributed by atoms with E-state index in [-0.39, 0.29) is 4.95 Å². The Kier molecular flexibility index (Phi) is 1.23. The van der Waals surface area contributed by atoms with Crippen molar-refractivity contribution in [3.05, 3.63) is 0 Å². The van der Waals surface area contributed by atoms with Gasteiger partial charge in [0.1, 0.15) is 10.8 Å². The summed E-state index contributed by atoms with van der Waals surface area (Å²) in [6.45, 7) is 1.87. The molecule has 0 aromatic heterocycles. The van der Waals surface area contributed by atoms with Crippen molar-refractivity contribution >= 4 is 28.0 Å². The van der Waals surface area contributed by atoms with E-state index < -0.39 is 0 Å². The Balaban J connectivity index is 2.69. The molecule has 0 radical (unpaired) electrons. The molecule has 7 heavy (non-hydrogen) atoms. The SMILES string of the molecule is CC1=N[C@H](Br)C=N1. The number of alkyl halides is 1. The summed E-state index contributed by atoms with van der Waals surface area (Å²) in [6.07, 6.45) is 1.76. The van der Waals surface area contributed by atoms with E-state index in [9.17, 15) is 0 Å². The van der Waals surface area contributed by atoms with Crippen molar-refractivity contribution in [2.45, 2.75) is 11.9 Å². The molecule has 0 fully saturated rings. The molecule has 0 aromatic carbocycles. The van der Waals surface area contributed by atoms with E-state index in [1.807, 2.05) is 6.92 Å². The van der Waals surface area contributed by atoms with Gasteiger partial charge in [0, 0.05) is 6.21 Å². The summed E-state index contributed by atoms with van der Waals surface area (Å²) in [6, 6.07) is 0. The third kappa shape index (κ3) is 1.09. The smallest absolute Gasteiger partial charge is 0.142 e. The van der Waals surface area contributed by atoms with Gasteiger partial charge in [0.05, 0.1) is 0 Å². The van der Waals surface area contributed by atoms with E-state index in [1.54, 1.807) is 6.21 Å². The summed E-state index contributed by atoms with van der Waals surface area (Å²) in [5, 5.41) is 0. The molecule has 1 aliphatic rings. The summed E-state index contributed by atoms with van der Waals surface area (Å²) >= 11 is 3.24. The van der Waals surface area contributed by atoms with Gasteiger partial charge in [0.15, 0.2) is 0 Å². The van der Waals surface area contributed by atoms with E-state index in [2.05, 4.69) is 25.9 Å². The normalized spacial score (nSPS) is 28.3. The van der Waals surface area contributed by atoms with E-state index in [0.29, 0.717) is 0 Å². The van der Waals surface area contributed by atoms with Crippen molar-refractivity contribution in [2.75, 3.05) is 0 Å². The van der Waals surface area contributed by atoms with Crippen molar-refractivity contribution in [3.63, 3.8) is 0 Å². The molecule has 1 heterocycles. The number of hydrogen-bond acceptors (Lipinski definition) is 2. The van der Waals surface area contributed by atoms with Crippen LogP contribution in [0.5, 0.6) is 0 Å². The van der Waals surface area contributed by atoms with E-state index in [0.717, 1.165) is 5.84 Å². The summed E-state index contributed by atoms with van der Waals surface area (Å²) in [5.74, 6) is 0.849. The topological polar surface area (TPSA) is 24.7 Å². The molecule has 0 bridgehead atoms. The lowest BCUT2D eigenvalue weighted by molar-refractivity contribution is 1.29. The average Bonchev–Trinajstić information content (AvgIpc) is 1.87. The Morgan fingerprint density at radius 3 is 2.71 bits per heavy atom. The molecular weight excluding hydrogens is 156 g/mol.